The fourth-order valence-corrected chi connectivity index (χ4v) is 1.60. The first kappa shape index (κ1) is 12.2. The zero-order chi connectivity index (χ0) is 11.3. The van der Waals surface area contributed by atoms with Gasteiger partial charge in [0.05, 0.1) is 12.0 Å². The molecule has 1 N–H and O–H groups in total. The highest BCUT2D eigenvalue weighted by molar-refractivity contribution is 5.08. The molecule has 0 aliphatic carbocycles. The van der Waals surface area contributed by atoms with Gasteiger partial charge in [-0.1, -0.05) is 6.92 Å². The summed E-state index contributed by atoms with van der Waals surface area (Å²) in [4.78, 5) is 4.30. The fourth-order valence-electron chi connectivity index (χ4n) is 1.60. The number of rotatable bonds is 6. The smallest absolute Gasteiger partial charge is 0.0951 e. The highest BCUT2D eigenvalue weighted by Gasteiger charge is 2.04. The Hall–Kier alpha value is -0.830. The minimum absolute atomic E-state index is 0.590. The SMILES string of the molecule is CCCNC(C)CCn1cnc(C)c1C. The standard InChI is InChI=1S/C12H23N3/c1-5-7-13-10(2)6-8-15-9-14-11(3)12(15)4/h9-10,13H,5-8H2,1-4H3. The molecule has 0 bridgehead atoms. The van der Waals surface area contributed by atoms with Crippen LogP contribution in [-0.4, -0.2) is 22.1 Å². The van der Waals surface area contributed by atoms with Crippen LogP contribution in [0.15, 0.2) is 6.33 Å². The van der Waals surface area contributed by atoms with E-state index in [4.69, 9.17) is 0 Å². The third kappa shape index (κ3) is 3.67. The van der Waals surface area contributed by atoms with Crippen molar-refractivity contribution >= 4 is 0 Å². The van der Waals surface area contributed by atoms with Crippen LogP contribution < -0.4 is 5.32 Å². The van der Waals surface area contributed by atoms with Gasteiger partial charge in [-0.3, -0.25) is 0 Å². The van der Waals surface area contributed by atoms with Gasteiger partial charge in [-0.25, -0.2) is 4.98 Å². The minimum atomic E-state index is 0.590. The van der Waals surface area contributed by atoms with Gasteiger partial charge in [-0.15, -0.1) is 0 Å². The predicted molar refractivity (Wildman–Crippen MR) is 64.1 cm³/mol. The maximum Gasteiger partial charge on any atom is 0.0951 e. The molecule has 1 atom stereocenters. The molecule has 0 saturated heterocycles. The van der Waals surface area contributed by atoms with Crippen LogP contribution in [0, 0.1) is 13.8 Å². The van der Waals surface area contributed by atoms with Crippen LogP contribution in [-0.2, 0) is 6.54 Å². The van der Waals surface area contributed by atoms with Crippen molar-refractivity contribution in [3.8, 4) is 0 Å². The molecule has 0 radical (unpaired) electrons. The number of aryl methyl sites for hydroxylation is 2. The predicted octanol–water partition coefficient (Wildman–Crippen LogP) is 2.28. The van der Waals surface area contributed by atoms with Crippen molar-refractivity contribution < 1.29 is 0 Å². The van der Waals surface area contributed by atoms with Gasteiger partial charge in [0.2, 0.25) is 0 Å². The summed E-state index contributed by atoms with van der Waals surface area (Å²) in [5, 5.41) is 3.50. The molecule has 0 aromatic carbocycles. The molecule has 1 aromatic rings. The molecule has 86 valence electrons. The largest absolute Gasteiger partial charge is 0.335 e. The van der Waals surface area contributed by atoms with Crippen molar-refractivity contribution in [1.82, 2.24) is 14.9 Å². The van der Waals surface area contributed by atoms with E-state index in [0.717, 1.165) is 25.2 Å². The third-order valence-electron chi connectivity index (χ3n) is 2.89. The average Bonchev–Trinajstić information content (AvgIpc) is 2.54. The summed E-state index contributed by atoms with van der Waals surface area (Å²) < 4.78 is 2.24. The maximum absolute atomic E-state index is 4.30. The Morgan fingerprint density at radius 3 is 2.73 bits per heavy atom. The summed E-state index contributed by atoms with van der Waals surface area (Å²) in [5.41, 5.74) is 2.43. The highest BCUT2D eigenvalue weighted by atomic mass is 15.1. The molecule has 0 fully saturated rings. The first-order valence-corrected chi connectivity index (χ1v) is 5.86. The van der Waals surface area contributed by atoms with Gasteiger partial charge in [-0.2, -0.15) is 0 Å². The molecule has 1 unspecified atom stereocenters. The molecule has 0 saturated carbocycles. The van der Waals surface area contributed by atoms with E-state index in [-0.39, 0.29) is 0 Å². The van der Waals surface area contributed by atoms with Crippen molar-refractivity contribution in [2.24, 2.45) is 0 Å². The summed E-state index contributed by atoms with van der Waals surface area (Å²) >= 11 is 0. The van der Waals surface area contributed by atoms with Gasteiger partial charge in [0.25, 0.3) is 0 Å². The fraction of sp³-hybridized carbons (Fsp3) is 0.750. The average molecular weight is 209 g/mol. The summed E-state index contributed by atoms with van der Waals surface area (Å²) in [6.45, 7) is 10.8. The van der Waals surface area contributed by atoms with E-state index in [1.807, 2.05) is 6.33 Å². The van der Waals surface area contributed by atoms with Crippen molar-refractivity contribution in [2.75, 3.05) is 6.54 Å². The van der Waals surface area contributed by atoms with Crippen LogP contribution in [0.3, 0.4) is 0 Å². The van der Waals surface area contributed by atoms with Gasteiger partial charge < -0.3 is 9.88 Å². The van der Waals surface area contributed by atoms with Crippen molar-refractivity contribution in [3.63, 3.8) is 0 Å². The van der Waals surface area contributed by atoms with Crippen molar-refractivity contribution in [1.29, 1.82) is 0 Å². The lowest BCUT2D eigenvalue weighted by atomic mass is 10.2. The molecule has 3 heteroatoms. The van der Waals surface area contributed by atoms with E-state index in [9.17, 15) is 0 Å². The van der Waals surface area contributed by atoms with Crippen LogP contribution >= 0.6 is 0 Å². The van der Waals surface area contributed by atoms with Crippen LogP contribution in [0.4, 0.5) is 0 Å². The quantitative estimate of drug-likeness (QED) is 0.779. The molecule has 0 spiro atoms. The third-order valence-corrected chi connectivity index (χ3v) is 2.89. The number of aromatic nitrogens is 2. The van der Waals surface area contributed by atoms with Crippen LogP contribution in [0.2, 0.25) is 0 Å². The van der Waals surface area contributed by atoms with E-state index in [1.54, 1.807) is 0 Å². The molecule has 0 aliphatic heterocycles. The lowest BCUT2D eigenvalue weighted by Gasteiger charge is -2.14. The van der Waals surface area contributed by atoms with Gasteiger partial charge in [-0.05, 0) is 40.2 Å². The second-order valence-electron chi connectivity index (χ2n) is 4.25. The van der Waals surface area contributed by atoms with E-state index in [0.29, 0.717) is 6.04 Å². The minimum Gasteiger partial charge on any atom is -0.335 e. The number of hydrogen-bond acceptors (Lipinski definition) is 2. The lowest BCUT2D eigenvalue weighted by molar-refractivity contribution is 0.473. The monoisotopic (exact) mass is 209 g/mol. The van der Waals surface area contributed by atoms with E-state index >= 15 is 0 Å². The molecule has 3 nitrogen and oxygen atoms in total. The molecule has 0 aliphatic rings. The molecule has 1 aromatic heterocycles. The lowest BCUT2D eigenvalue weighted by Crippen LogP contribution is -2.27. The van der Waals surface area contributed by atoms with Crippen molar-refractivity contribution in [2.45, 2.75) is 53.1 Å². The molecule has 0 amide bonds. The number of nitrogens with one attached hydrogen (secondary N) is 1. The normalized spacial score (nSPS) is 13.1. The van der Waals surface area contributed by atoms with Gasteiger partial charge >= 0.3 is 0 Å². The Labute approximate surface area is 92.9 Å². The number of imidazole rings is 1. The maximum atomic E-state index is 4.30. The Bertz CT molecular complexity index is 291. The molecular formula is C12H23N3. The summed E-state index contributed by atoms with van der Waals surface area (Å²) in [6.07, 6.45) is 4.31. The van der Waals surface area contributed by atoms with Crippen LogP contribution in [0.1, 0.15) is 38.1 Å². The van der Waals surface area contributed by atoms with E-state index in [2.05, 4.69) is 42.6 Å². The Morgan fingerprint density at radius 2 is 2.20 bits per heavy atom. The zero-order valence-electron chi connectivity index (χ0n) is 10.4. The highest BCUT2D eigenvalue weighted by Crippen LogP contribution is 2.06. The number of hydrogen-bond donors (Lipinski definition) is 1. The molecule has 1 heterocycles. The first-order chi connectivity index (χ1) is 7.15. The zero-order valence-corrected chi connectivity index (χ0v) is 10.4. The topological polar surface area (TPSA) is 29.9 Å². The van der Waals surface area contributed by atoms with Gasteiger partial charge in [0.15, 0.2) is 0 Å². The Kier molecular flexibility index (Phi) is 4.82. The second kappa shape index (κ2) is 5.91. The van der Waals surface area contributed by atoms with E-state index < -0.39 is 0 Å². The Morgan fingerprint density at radius 1 is 1.47 bits per heavy atom. The molecular weight excluding hydrogens is 186 g/mol. The Balaban J connectivity index is 2.33. The summed E-state index contributed by atoms with van der Waals surface area (Å²) in [6, 6.07) is 0.590. The first-order valence-electron chi connectivity index (χ1n) is 5.86. The van der Waals surface area contributed by atoms with Crippen LogP contribution in [0.5, 0.6) is 0 Å². The van der Waals surface area contributed by atoms with Crippen LogP contribution in [0.25, 0.3) is 0 Å². The molecule has 15 heavy (non-hydrogen) atoms. The summed E-state index contributed by atoms with van der Waals surface area (Å²) in [7, 11) is 0. The number of nitrogens with zero attached hydrogens (tertiary/aromatic N) is 2. The van der Waals surface area contributed by atoms with Gasteiger partial charge in [0.1, 0.15) is 0 Å². The summed E-state index contributed by atoms with van der Waals surface area (Å²) in [5.74, 6) is 0. The van der Waals surface area contributed by atoms with Crippen molar-refractivity contribution in [3.05, 3.63) is 17.7 Å². The van der Waals surface area contributed by atoms with E-state index in [1.165, 1.54) is 12.1 Å². The molecule has 1 rings (SSSR count). The van der Waals surface area contributed by atoms with Gasteiger partial charge in [0, 0.05) is 18.3 Å². The second-order valence-corrected chi connectivity index (χ2v) is 4.25.